The number of carbonyl (C=O) groups excluding carboxylic acids is 2. The highest BCUT2D eigenvalue weighted by Crippen LogP contribution is 2.18. The van der Waals surface area contributed by atoms with E-state index in [4.69, 9.17) is 21.1 Å². The summed E-state index contributed by atoms with van der Waals surface area (Å²) in [6.07, 6.45) is 3.29. The minimum atomic E-state index is -0.820. The molecule has 2 N–H and O–H groups in total. The summed E-state index contributed by atoms with van der Waals surface area (Å²) in [5.41, 5.74) is 3.85. The first-order valence-electron chi connectivity index (χ1n) is 9.31. The molecule has 1 heterocycles. The maximum absolute atomic E-state index is 11.7. The first-order chi connectivity index (χ1) is 14.1. The van der Waals surface area contributed by atoms with E-state index in [1.165, 1.54) is 6.21 Å². The normalized spacial score (nSPS) is 16.0. The molecule has 1 aliphatic heterocycles. The Kier molecular flexibility index (Phi) is 7.61. The van der Waals surface area contributed by atoms with E-state index in [1.807, 2.05) is 24.3 Å². The molecular weight excluding hydrogens is 394 g/mol. The van der Waals surface area contributed by atoms with Gasteiger partial charge in [-0.15, -0.1) is 0 Å². The zero-order valence-electron chi connectivity index (χ0n) is 15.8. The van der Waals surface area contributed by atoms with Crippen LogP contribution in [0.2, 0.25) is 5.02 Å². The van der Waals surface area contributed by atoms with Crippen LogP contribution in [0.25, 0.3) is 0 Å². The summed E-state index contributed by atoms with van der Waals surface area (Å²) in [6, 6.07) is 14.6. The molecule has 0 spiro atoms. The molecule has 0 aliphatic carbocycles. The summed E-state index contributed by atoms with van der Waals surface area (Å²) in [7, 11) is 0. The third kappa shape index (κ3) is 6.58. The Bertz CT molecular complexity index is 864. The van der Waals surface area contributed by atoms with E-state index in [0.717, 1.165) is 24.0 Å². The topological polar surface area (TPSA) is 89.0 Å². The summed E-state index contributed by atoms with van der Waals surface area (Å²) < 4.78 is 11.1. The van der Waals surface area contributed by atoms with Gasteiger partial charge in [-0.25, -0.2) is 5.43 Å². The van der Waals surface area contributed by atoms with E-state index in [2.05, 4.69) is 15.8 Å². The Balaban J connectivity index is 1.41. The van der Waals surface area contributed by atoms with Crippen LogP contribution in [0.1, 0.15) is 24.0 Å². The van der Waals surface area contributed by atoms with E-state index in [1.54, 1.807) is 24.3 Å². The summed E-state index contributed by atoms with van der Waals surface area (Å²) in [5.74, 6) is -0.875. The summed E-state index contributed by atoms with van der Waals surface area (Å²) >= 11 is 6.11. The molecular formula is C21H22ClN3O4. The fourth-order valence-corrected chi connectivity index (χ4v) is 2.93. The van der Waals surface area contributed by atoms with Crippen molar-refractivity contribution < 1.29 is 19.1 Å². The van der Waals surface area contributed by atoms with Crippen LogP contribution in [-0.4, -0.2) is 37.3 Å². The average molecular weight is 416 g/mol. The molecule has 3 rings (SSSR count). The molecule has 0 bridgehead atoms. The van der Waals surface area contributed by atoms with Gasteiger partial charge in [-0.2, -0.15) is 5.10 Å². The number of hydrazone groups is 1. The van der Waals surface area contributed by atoms with Crippen molar-refractivity contribution in [1.82, 2.24) is 10.7 Å². The number of hydrogen-bond donors (Lipinski definition) is 2. The van der Waals surface area contributed by atoms with Crippen LogP contribution < -0.4 is 15.5 Å². The molecule has 1 aliphatic rings. The highest BCUT2D eigenvalue weighted by atomic mass is 35.5. The summed E-state index contributed by atoms with van der Waals surface area (Å²) in [6.45, 7) is 1.39. The van der Waals surface area contributed by atoms with Gasteiger partial charge in [0, 0.05) is 23.7 Å². The van der Waals surface area contributed by atoms with E-state index in [9.17, 15) is 9.59 Å². The zero-order chi connectivity index (χ0) is 20.5. The van der Waals surface area contributed by atoms with E-state index >= 15 is 0 Å². The van der Waals surface area contributed by atoms with Crippen LogP contribution in [0.4, 0.5) is 0 Å². The van der Waals surface area contributed by atoms with Crippen LogP contribution in [0.15, 0.2) is 53.6 Å². The van der Waals surface area contributed by atoms with Crippen LogP contribution in [0.3, 0.4) is 0 Å². The minimum Gasteiger partial charge on any atom is -0.489 e. The molecule has 2 aromatic carbocycles. The van der Waals surface area contributed by atoms with Gasteiger partial charge in [-0.3, -0.25) is 9.59 Å². The van der Waals surface area contributed by atoms with Crippen molar-refractivity contribution in [2.24, 2.45) is 5.10 Å². The Hall–Kier alpha value is -2.90. The maximum Gasteiger partial charge on any atom is 0.329 e. The van der Waals surface area contributed by atoms with E-state index in [0.29, 0.717) is 30.5 Å². The molecule has 1 fully saturated rings. The Morgan fingerprint density at radius 2 is 1.97 bits per heavy atom. The van der Waals surface area contributed by atoms with Gasteiger partial charge in [-0.1, -0.05) is 29.8 Å². The smallest absolute Gasteiger partial charge is 0.329 e. The first-order valence-corrected chi connectivity index (χ1v) is 9.69. The van der Waals surface area contributed by atoms with E-state index < -0.39 is 11.8 Å². The highest BCUT2D eigenvalue weighted by molar-refractivity contribution is 6.35. The molecule has 0 radical (unpaired) electrons. The Morgan fingerprint density at radius 3 is 2.69 bits per heavy atom. The number of ether oxygens (including phenoxy) is 2. The van der Waals surface area contributed by atoms with Gasteiger partial charge in [-0.05, 0) is 48.7 Å². The molecule has 1 saturated heterocycles. The highest BCUT2D eigenvalue weighted by Gasteiger charge is 2.18. The second-order valence-electron chi connectivity index (χ2n) is 6.49. The van der Waals surface area contributed by atoms with Crippen LogP contribution in [0.5, 0.6) is 5.75 Å². The SMILES string of the molecule is O=C(NC[C@@H]1CCCO1)C(=O)N/N=C\c1ccc(OCc2ccccc2Cl)cc1. The van der Waals surface area contributed by atoms with Gasteiger partial charge in [0.2, 0.25) is 0 Å². The minimum absolute atomic E-state index is 0.0195. The average Bonchev–Trinajstić information content (AvgIpc) is 3.26. The number of nitrogens with one attached hydrogen (secondary N) is 2. The molecule has 152 valence electrons. The Labute approximate surface area is 174 Å². The molecule has 2 aromatic rings. The number of carbonyl (C=O) groups is 2. The van der Waals surface area contributed by atoms with Crippen LogP contribution in [0, 0.1) is 0 Å². The monoisotopic (exact) mass is 415 g/mol. The quantitative estimate of drug-likeness (QED) is 0.413. The largest absolute Gasteiger partial charge is 0.489 e. The number of benzene rings is 2. The van der Waals surface area contributed by atoms with Crippen molar-refractivity contribution in [2.75, 3.05) is 13.2 Å². The summed E-state index contributed by atoms with van der Waals surface area (Å²) in [4.78, 5) is 23.5. The van der Waals surface area contributed by atoms with Crippen LogP contribution in [-0.2, 0) is 20.9 Å². The van der Waals surface area contributed by atoms with Gasteiger partial charge in [0.1, 0.15) is 12.4 Å². The predicted molar refractivity (Wildman–Crippen MR) is 110 cm³/mol. The summed E-state index contributed by atoms with van der Waals surface area (Å²) in [5, 5.41) is 7.00. The molecule has 7 nitrogen and oxygen atoms in total. The van der Waals surface area contributed by atoms with Crippen molar-refractivity contribution in [3.8, 4) is 5.75 Å². The van der Waals surface area contributed by atoms with Gasteiger partial charge < -0.3 is 14.8 Å². The molecule has 0 saturated carbocycles. The van der Waals surface area contributed by atoms with Gasteiger partial charge in [0.05, 0.1) is 12.3 Å². The van der Waals surface area contributed by atoms with Gasteiger partial charge in [0.15, 0.2) is 0 Å². The van der Waals surface area contributed by atoms with Crippen molar-refractivity contribution in [2.45, 2.75) is 25.6 Å². The maximum atomic E-state index is 11.7. The number of rotatable bonds is 7. The second-order valence-corrected chi connectivity index (χ2v) is 6.90. The molecule has 8 heteroatoms. The third-order valence-corrected chi connectivity index (χ3v) is 4.70. The second kappa shape index (κ2) is 10.6. The lowest BCUT2D eigenvalue weighted by molar-refractivity contribution is -0.139. The van der Waals surface area contributed by atoms with Gasteiger partial charge >= 0.3 is 11.8 Å². The lowest BCUT2D eigenvalue weighted by Gasteiger charge is -2.09. The molecule has 0 unspecified atom stereocenters. The number of nitrogens with zero attached hydrogens (tertiary/aromatic N) is 1. The molecule has 2 amide bonds. The van der Waals surface area contributed by atoms with E-state index in [-0.39, 0.29) is 6.10 Å². The Morgan fingerprint density at radius 1 is 1.17 bits per heavy atom. The van der Waals surface area contributed by atoms with Crippen molar-refractivity contribution >= 4 is 29.6 Å². The number of halogens is 1. The standard InChI is InChI=1S/C21H22ClN3O4/c22-19-6-2-1-4-16(19)14-29-17-9-7-15(8-10-17)12-24-25-21(27)20(26)23-13-18-5-3-11-28-18/h1-2,4,6-10,12,18H,3,5,11,13-14H2,(H,23,26)(H,25,27)/b24-12-/t18-/m0/s1. The molecule has 29 heavy (non-hydrogen) atoms. The fraction of sp³-hybridized carbons (Fsp3) is 0.286. The molecule has 1 atom stereocenters. The first kappa shape index (κ1) is 20.8. The van der Waals surface area contributed by atoms with Crippen molar-refractivity contribution in [1.29, 1.82) is 0 Å². The van der Waals surface area contributed by atoms with Crippen molar-refractivity contribution in [3.05, 3.63) is 64.7 Å². The predicted octanol–water partition coefficient (Wildman–Crippen LogP) is 2.66. The lowest BCUT2D eigenvalue weighted by atomic mass is 10.2. The van der Waals surface area contributed by atoms with Crippen molar-refractivity contribution in [3.63, 3.8) is 0 Å². The lowest BCUT2D eigenvalue weighted by Crippen LogP contribution is -2.41. The molecule has 0 aromatic heterocycles. The van der Waals surface area contributed by atoms with Crippen LogP contribution >= 0.6 is 11.6 Å². The number of hydrogen-bond acceptors (Lipinski definition) is 5. The number of amides is 2. The fourth-order valence-electron chi connectivity index (χ4n) is 2.74. The third-order valence-electron chi connectivity index (χ3n) is 4.33. The van der Waals surface area contributed by atoms with Gasteiger partial charge in [0.25, 0.3) is 0 Å². The zero-order valence-corrected chi connectivity index (χ0v) is 16.5.